The SMILES string of the molecule is COc1ccccc1CCNCCC(=O)NCCN(C)C. The maximum atomic E-state index is 11.6. The van der Waals surface area contributed by atoms with Crippen molar-refractivity contribution in [3.63, 3.8) is 0 Å². The number of likely N-dealkylation sites (N-methyl/N-ethyl adjacent to an activating group) is 1. The molecule has 118 valence electrons. The van der Waals surface area contributed by atoms with Crippen LogP contribution >= 0.6 is 0 Å². The fourth-order valence-electron chi connectivity index (χ4n) is 1.97. The van der Waals surface area contributed by atoms with E-state index in [0.29, 0.717) is 19.5 Å². The van der Waals surface area contributed by atoms with Crippen LogP contribution in [0.15, 0.2) is 24.3 Å². The molecule has 1 aromatic rings. The first-order chi connectivity index (χ1) is 10.1. The lowest BCUT2D eigenvalue weighted by Gasteiger charge is -2.11. The average molecular weight is 293 g/mol. The monoisotopic (exact) mass is 293 g/mol. The predicted molar refractivity (Wildman–Crippen MR) is 85.7 cm³/mol. The topological polar surface area (TPSA) is 53.6 Å². The Balaban J connectivity index is 2.10. The zero-order valence-electron chi connectivity index (χ0n) is 13.3. The molecule has 0 fully saturated rings. The first kappa shape index (κ1) is 17.5. The van der Waals surface area contributed by atoms with Gasteiger partial charge in [-0.1, -0.05) is 18.2 Å². The summed E-state index contributed by atoms with van der Waals surface area (Å²) in [5, 5.41) is 6.19. The summed E-state index contributed by atoms with van der Waals surface area (Å²) >= 11 is 0. The molecule has 21 heavy (non-hydrogen) atoms. The summed E-state index contributed by atoms with van der Waals surface area (Å²) in [6.07, 6.45) is 1.41. The lowest BCUT2D eigenvalue weighted by molar-refractivity contribution is -0.121. The molecule has 0 saturated heterocycles. The summed E-state index contributed by atoms with van der Waals surface area (Å²) in [6.45, 7) is 3.11. The number of methoxy groups -OCH3 is 1. The molecule has 0 radical (unpaired) electrons. The van der Waals surface area contributed by atoms with Crippen LogP contribution in [0.5, 0.6) is 5.75 Å². The molecule has 1 rings (SSSR count). The molecule has 1 aromatic carbocycles. The first-order valence-electron chi connectivity index (χ1n) is 7.37. The maximum absolute atomic E-state index is 11.6. The minimum atomic E-state index is 0.0987. The molecule has 1 amide bonds. The van der Waals surface area contributed by atoms with Gasteiger partial charge in [-0.05, 0) is 38.7 Å². The second-order valence-electron chi connectivity index (χ2n) is 5.22. The number of ether oxygens (including phenoxy) is 1. The Labute approximate surface area is 127 Å². The van der Waals surface area contributed by atoms with Crippen molar-refractivity contribution < 1.29 is 9.53 Å². The van der Waals surface area contributed by atoms with Crippen LogP contribution in [-0.2, 0) is 11.2 Å². The fraction of sp³-hybridized carbons (Fsp3) is 0.562. The van der Waals surface area contributed by atoms with Gasteiger partial charge in [-0.3, -0.25) is 4.79 Å². The standard InChI is InChI=1S/C16H27N3O2/c1-19(2)13-12-18-16(20)9-11-17-10-8-14-6-4-5-7-15(14)21-3/h4-7,17H,8-13H2,1-3H3,(H,18,20). The lowest BCUT2D eigenvalue weighted by Crippen LogP contribution is -2.33. The third-order valence-electron chi connectivity index (χ3n) is 3.17. The van der Waals surface area contributed by atoms with Crippen LogP contribution in [0.25, 0.3) is 0 Å². The molecule has 0 spiro atoms. The van der Waals surface area contributed by atoms with E-state index in [-0.39, 0.29) is 5.91 Å². The van der Waals surface area contributed by atoms with E-state index in [1.54, 1.807) is 7.11 Å². The molecule has 0 aliphatic heterocycles. The number of para-hydroxylation sites is 1. The Hall–Kier alpha value is -1.59. The third kappa shape index (κ3) is 7.68. The minimum absolute atomic E-state index is 0.0987. The van der Waals surface area contributed by atoms with Crippen molar-refractivity contribution in [1.29, 1.82) is 0 Å². The quantitative estimate of drug-likeness (QED) is 0.629. The van der Waals surface area contributed by atoms with E-state index in [4.69, 9.17) is 4.74 Å². The van der Waals surface area contributed by atoms with Crippen LogP contribution in [0.3, 0.4) is 0 Å². The zero-order valence-corrected chi connectivity index (χ0v) is 13.3. The van der Waals surface area contributed by atoms with Gasteiger partial charge in [-0.15, -0.1) is 0 Å². The van der Waals surface area contributed by atoms with Crippen LogP contribution < -0.4 is 15.4 Å². The van der Waals surface area contributed by atoms with Crippen molar-refractivity contribution in [2.75, 3.05) is 47.4 Å². The van der Waals surface area contributed by atoms with Gasteiger partial charge in [0.1, 0.15) is 5.75 Å². The Morgan fingerprint density at radius 2 is 1.95 bits per heavy atom. The highest BCUT2D eigenvalue weighted by atomic mass is 16.5. The largest absolute Gasteiger partial charge is 0.496 e. The van der Waals surface area contributed by atoms with E-state index in [9.17, 15) is 4.79 Å². The van der Waals surface area contributed by atoms with Crippen LogP contribution in [0, 0.1) is 0 Å². The maximum Gasteiger partial charge on any atom is 0.221 e. The van der Waals surface area contributed by atoms with E-state index in [1.165, 1.54) is 5.56 Å². The van der Waals surface area contributed by atoms with Gasteiger partial charge in [0.15, 0.2) is 0 Å². The summed E-state index contributed by atoms with van der Waals surface area (Å²) in [5.74, 6) is 1.02. The van der Waals surface area contributed by atoms with Gasteiger partial charge in [-0.25, -0.2) is 0 Å². The molecule has 0 atom stereocenters. The summed E-state index contributed by atoms with van der Waals surface area (Å²) in [5.41, 5.74) is 1.18. The number of amides is 1. The number of nitrogens with zero attached hydrogens (tertiary/aromatic N) is 1. The molecular formula is C16H27N3O2. The molecule has 5 heteroatoms. The number of rotatable bonds is 10. The van der Waals surface area contributed by atoms with Gasteiger partial charge < -0.3 is 20.3 Å². The van der Waals surface area contributed by atoms with Gasteiger partial charge in [0.2, 0.25) is 5.91 Å². The molecule has 0 bridgehead atoms. The number of carbonyl (C=O) groups is 1. The van der Waals surface area contributed by atoms with Gasteiger partial charge in [0, 0.05) is 26.1 Å². The van der Waals surface area contributed by atoms with Gasteiger partial charge in [0.05, 0.1) is 7.11 Å². The van der Waals surface area contributed by atoms with Gasteiger partial charge in [0.25, 0.3) is 0 Å². The molecule has 2 N–H and O–H groups in total. The van der Waals surface area contributed by atoms with Crippen molar-refractivity contribution in [3.8, 4) is 5.75 Å². The predicted octanol–water partition coefficient (Wildman–Crippen LogP) is 0.895. The third-order valence-corrected chi connectivity index (χ3v) is 3.17. The average Bonchev–Trinajstić information content (AvgIpc) is 2.47. The number of carbonyl (C=O) groups excluding carboxylic acids is 1. The van der Waals surface area contributed by atoms with Crippen LogP contribution in [-0.4, -0.2) is 58.2 Å². The number of benzene rings is 1. The lowest BCUT2D eigenvalue weighted by atomic mass is 10.1. The molecule has 0 aromatic heterocycles. The highest BCUT2D eigenvalue weighted by molar-refractivity contribution is 5.76. The van der Waals surface area contributed by atoms with E-state index in [2.05, 4.69) is 16.7 Å². The number of hydrogen-bond acceptors (Lipinski definition) is 4. The fourth-order valence-corrected chi connectivity index (χ4v) is 1.97. The molecule has 0 unspecified atom stereocenters. The number of nitrogens with one attached hydrogen (secondary N) is 2. The van der Waals surface area contributed by atoms with Crippen LogP contribution in [0.1, 0.15) is 12.0 Å². The highest BCUT2D eigenvalue weighted by Crippen LogP contribution is 2.17. The van der Waals surface area contributed by atoms with Crippen LogP contribution in [0.4, 0.5) is 0 Å². The van der Waals surface area contributed by atoms with Crippen LogP contribution in [0.2, 0.25) is 0 Å². The minimum Gasteiger partial charge on any atom is -0.496 e. The molecular weight excluding hydrogens is 266 g/mol. The summed E-state index contributed by atoms with van der Waals surface area (Å²) in [6, 6.07) is 8.01. The van der Waals surface area contributed by atoms with E-state index in [1.807, 2.05) is 37.2 Å². The van der Waals surface area contributed by atoms with E-state index in [0.717, 1.165) is 25.3 Å². The molecule has 0 aliphatic rings. The van der Waals surface area contributed by atoms with E-state index < -0.39 is 0 Å². The van der Waals surface area contributed by atoms with Crippen molar-refractivity contribution in [3.05, 3.63) is 29.8 Å². The first-order valence-corrected chi connectivity index (χ1v) is 7.37. The van der Waals surface area contributed by atoms with Crippen molar-refractivity contribution in [2.24, 2.45) is 0 Å². The second kappa shape index (κ2) is 10.2. The normalized spacial score (nSPS) is 10.7. The zero-order chi connectivity index (χ0) is 15.5. The Morgan fingerprint density at radius 3 is 2.67 bits per heavy atom. The Morgan fingerprint density at radius 1 is 1.19 bits per heavy atom. The summed E-state index contributed by atoms with van der Waals surface area (Å²) in [4.78, 5) is 13.6. The molecule has 0 heterocycles. The van der Waals surface area contributed by atoms with Crippen molar-refractivity contribution in [1.82, 2.24) is 15.5 Å². The number of hydrogen-bond donors (Lipinski definition) is 2. The van der Waals surface area contributed by atoms with Gasteiger partial charge in [-0.2, -0.15) is 0 Å². The summed E-state index contributed by atoms with van der Waals surface area (Å²) in [7, 11) is 5.67. The van der Waals surface area contributed by atoms with Crippen molar-refractivity contribution in [2.45, 2.75) is 12.8 Å². The second-order valence-corrected chi connectivity index (χ2v) is 5.22. The van der Waals surface area contributed by atoms with Gasteiger partial charge >= 0.3 is 0 Å². The Bertz CT molecular complexity index is 422. The van der Waals surface area contributed by atoms with E-state index >= 15 is 0 Å². The molecule has 0 aliphatic carbocycles. The molecule has 0 saturated carbocycles. The smallest absolute Gasteiger partial charge is 0.221 e. The highest BCUT2D eigenvalue weighted by Gasteiger charge is 2.02. The summed E-state index contributed by atoms with van der Waals surface area (Å²) < 4.78 is 5.31. The Kier molecular flexibility index (Phi) is 8.47. The van der Waals surface area contributed by atoms with Crippen molar-refractivity contribution >= 4 is 5.91 Å². The molecule has 5 nitrogen and oxygen atoms in total.